The van der Waals surface area contributed by atoms with Gasteiger partial charge in [0.25, 0.3) is 0 Å². The first-order valence-electron chi connectivity index (χ1n) is 11.2. The lowest BCUT2D eigenvalue weighted by Gasteiger charge is -2.08. The zero-order valence-electron chi connectivity index (χ0n) is 19.7. The number of fused-ring (bicyclic) bond motifs is 1. The van der Waals surface area contributed by atoms with Crippen molar-refractivity contribution in [3.63, 3.8) is 0 Å². The number of thiazole rings is 1. The van der Waals surface area contributed by atoms with E-state index in [1.54, 1.807) is 18.2 Å². The number of hydrogen-bond acceptors (Lipinski definition) is 7. The topological polar surface area (TPSA) is 100 Å². The lowest BCUT2D eigenvalue weighted by atomic mass is 10.2. The molecule has 37 heavy (non-hydrogen) atoms. The normalized spacial score (nSPS) is 10.8. The third kappa shape index (κ3) is 8.22. The first-order chi connectivity index (χ1) is 17.9. The van der Waals surface area contributed by atoms with E-state index in [1.165, 1.54) is 34.9 Å². The summed E-state index contributed by atoms with van der Waals surface area (Å²) in [6, 6.07) is 20.0. The number of anilines is 3. The van der Waals surface area contributed by atoms with E-state index in [2.05, 4.69) is 20.9 Å². The fraction of sp³-hybridized carbons (Fsp3) is 0.154. The second kappa shape index (κ2) is 13.0. The van der Waals surface area contributed by atoms with Gasteiger partial charge in [0.15, 0.2) is 4.34 Å². The van der Waals surface area contributed by atoms with Gasteiger partial charge in [-0.15, -0.1) is 23.1 Å². The van der Waals surface area contributed by atoms with Gasteiger partial charge < -0.3 is 16.0 Å². The predicted molar refractivity (Wildman–Crippen MR) is 156 cm³/mol. The van der Waals surface area contributed by atoms with Crippen LogP contribution in [0.3, 0.4) is 0 Å². The van der Waals surface area contributed by atoms with Crippen LogP contribution in [0.25, 0.3) is 10.2 Å². The van der Waals surface area contributed by atoms with Crippen LogP contribution in [0.2, 0.25) is 5.02 Å². The summed E-state index contributed by atoms with van der Waals surface area (Å²) in [4.78, 5) is 41.3. The molecule has 0 radical (unpaired) electrons. The van der Waals surface area contributed by atoms with E-state index < -0.39 is 0 Å². The summed E-state index contributed by atoms with van der Waals surface area (Å²) in [7, 11) is 0. The smallest absolute Gasteiger partial charge is 0.234 e. The number of nitrogens with zero attached hydrogens (tertiary/aromatic N) is 1. The summed E-state index contributed by atoms with van der Waals surface area (Å²) < 4.78 is 1.66. The molecule has 11 heteroatoms. The molecular formula is C26H23ClN4O3S3. The molecule has 1 aromatic heterocycles. The number of carbonyl (C=O) groups is 3. The van der Waals surface area contributed by atoms with Crippen LogP contribution in [0, 0.1) is 6.92 Å². The molecule has 3 aromatic carbocycles. The molecule has 0 unspecified atom stereocenters. The highest BCUT2D eigenvalue weighted by Gasteiger charge is 2.12. The first kappa shape index (κ1) is 27.0. The highest BCUT2D eigenvalue weighted by molar-refractivity contribution is 8.01. The van der Waals surface area contributed by atoms with Gasteiger partial charge in [-0.05, 0) is 55.0 Å². The van der Waals surface area contributed by atoms with E-state index in [9.17, 15) is 14.4 Å². The first-order valence-corrected chi connectivity index (χ1v) is 14.5. The second-order valence-corrected chi connectivity index (χ2v) is 11.6. The Morgan fingerprint density at radius 3 is 2.30 bits per heavy atom. The number of benzene rings is 3. The number of halogens is 1. The molecule has 4 aromatic rings. The Labute approximate surface area is 231 Å². The van der Waals surface area contributed by atoms with Crippen LogP contribution in [0.15, 0.2) is 71.1 Å². The van der Waals surface area contributed by atoms with Crippen LogP contribution in [-0.4, -0.2) is 40.0 Å². The minimum atomic E-state index is -0.191. The van der Waals surface area contributed by atoms with Crippen molar-refractivity contribution >= 4 is 91.5 Å². The van der Waals surface area contributed by atoms with E-state index in [1.807, 2.05) is 55.5 Å². The number of rotatable bonds is 10. The van der Waals surface area contributed by atoms with Crippen molar-refractivity contribution in [3.8, 4) is 0 Å². The summed E-state index contributed by atoms with van der Waals surface area (Å²) in [5.41, 5.74) is 3.80. The minimum Gasteiger partial charge on any atom is -0.325 e. The summed E-state index contributed by atoms with van der Waals surface area (Å²) in [5.74, 6) is 0.0645. The molecule has 0 fully saturated rings. The third-order valence-corrected chi connectivity index (χ3v) is 8.31. The van der Waals surface area contributed by atoms with Gasteiger partial charge >= 0.3 is 0 Å². The van der Waals surface area contributed by atoms with E-state index >= 15 is 0 Å². The molecular weight excluding hydrogens is 548 g/mol. The number of thioether (sulfide) groups is 2. The van der Waals surface area contributed by atoms with E-state index in [0.29, 0.717) is 16.4 Å². The van der Waals surface area contributed by atoms with Gasteiger partial charge in [-0.3, -0.25) is 14.4 Å². The Bertz CT molecular complexity index is 1430. The average Bonchev–Trinajstić information content (AvgIpc) is 3.28. The average molecular weight is 571 g/mol. The van der Waals surface area contributed by atoms with Gasteiger partial charge in [0.2, 0.25) is 17.7 Å². The van der Waals surface area contributed by atoms with E-state index in [0.717, 1.165) is 25.8 Å². The van der Waals surface area contributed by atoms with Crippen molar-refractivity contribution < 1.29 is 14.4 Å². The zero-order chi connectivity index (χ0) is 26.2. The highest BCUT2D eigenvalue weighted by atomic mass is 35.5. The maximum atomic E-state index is 12.4. The molecule has 0 spiro atoms. The van der Waals surface area contributed by atoms with Crippen molar-refractivity contribution in [2.24, 2.45) is 0 Å². The number of aromatic nitrogens is 1. The van der Waals surface area contributed by atoms with Crippen molar-refractivity contribution in [2.75, 3.05) is 33.2 Å². The Kier molecular flexibility index (Phi) is 9.45. The van der Waals surface area contributed by atoms with Crippen molar-refractivity contribution in [1.82, 2.24) is 4.98 Å². The number of hydrogen-bond donors (Lipinski definition) is 3. The Hall–Kier alpha value is -3.05. The Morgan fingerprint density at radius 2 is 1.54 bits per heavy atom. The summed E-state index contributed by atoms with van der Waals surface area (Å²) in [6.45, 7) is 1.91. The summed E-state index contributed by atoms with van der Waals surface area (Å²) in [5, 5.41) is 9.10. The fourth-order valence-corrected chi connectivity index (χ4v) is 5.93. The molecule has 190 valence electrons. The van der Waals surface area contributed by atoms with Gasteiger partial charge in [-0.1, -0.05) is 47.6 Å². The van der Waals surface area contributed by atoms with Crippen molar-refractivity contribution in [1.29, 1.82) is 0 Å². The number of nitrogens with one attached hydrogen (secondary N) is 3. The van der Waals surface area contributed by atoms with Gasteiger partial charge in [-0.25, -0.2) is 4.98 Å². The lowest BCUT2D eigenvalue weighted by molar-refractivity contribution is -0.114. The van der Waals surface area contributed by atoms with Gasteiger partial charge in [0, 0.05) is 22.1 Å². The van der Waals surface area contributed by atoms with Crippen LogP contribution in [0.4, 0.5) is 17.1 Å². The van der Waals surface area contributed by atoms with E-state index in [4.69, 9.17) is 11.6 Å². The molecule has 3 amide bonds. The molecule has 0 bridgehead atoms. The maximum absolute atomic E-state index is 12.4. The number of aryl methyl sites for hydroxylation is 1. The van der Waals surface area contributed by atoms with Crippen LogP contribution in [0.5, 0.6) is 0 Å². The SMILES string of the molecule is Cc1ccc(Cl)cc1NC(=O)CSc1nc2ccc(NC(=O)CSCC(=O)Nc3ccccc3)cc2s1. The maximum Gasteiger partial charge on any atom is 0.234 e. The monoisotopic (exact) mass is 570 g/mol. The lowest BCUT2D eigenvalue weighted by Crippen LogP contribution is -2.18. The second-order valence-electron chi connectivity index (χ2n) is 7.91. The van der Waals surface area contributed by atoms with E-state index in [-0.39, 0.29) is 35.0 Å². The predicted octanol–water partition coefficient (Wildman–Crippen LogP) is 6.30. The van der Waals surface area contributed by atoms with Gasteiger partial charge in [0.05, 0.1) is 27.5 Å². The molecule has 0 aliphatic heterocycles. The van der Waals surface area contributed by atoms with Crippen LogP contribution >= 0.6 is 46.5 Å². The van der Waals surface area contributed by atoms with Gasteiger partial charge in [-0.2, -0.15) is 0 Å². The molecule has 7 nitrogen and oxygen atoms in total. The molecule has 0 saturated heterocycles. The largest absolute Gasteiger partial charge is 0.325 e. The van der Waals surface area contributed by atoms with Crippen molar-refractivity contribution in [3.05, 3.63) is 77.3 Å². The molecule has 0 aliphatic rings. The van der Waals surface area contributed by atoms with Crippen LogP contribution < -0.4 is 16.0 Å². The van der Waals surface area contributed by atoms with Crippen molar-refractivity contribution in [2.45, 2.75) is 11.3 Å². The summed E-state index contributed by atoms with van der Waals surface area (Å²) >= 11 is 10.1. The number of carbonyl (C=O) groups excluding carboxylic acids is 3. The fourth-order valence-electron chi connectivity index (χ4n) is 3.24. The molecule has 1 heterocycles. The van der Waals surface area contributed by atoms with Gasteiger partial charge in [0.1, 0.15) is 0 Å². The highest BCUT2D eigenvalue weighted by Crippen LogP contribution is 2.31. The summed E-state index contributed by atoms with van der Waals surface area (Å²) in [6.07, 6.45) is 0. The zero-order valence-corrected chi connectivity index (χ0v) is 23.0. The Balaban J connectivity index is 1.24. The molecule has 0 aliphatic carbocycles. The quantitative estimate of drug-likeness (QED) is 0.193. The van der Waals surface area contributed by atoms with Crippen LogP contribution in [0.1, 0.15) is 5.56 Å². The molecule has 4 rings (SSSR count). The third-order valence-electron chi connectivity index (χ3n) is 4.98. The Morgan fingerprint density at radius 1 is 0.838 bits per heavy atom. The minimum absolute atomic E-state index is 0.141. The molecule has 0 saturated carbocycles. The van der Waals surface area contributed by atoms with Crippen LogP contribution in [-0.2, 0) is 14.4 Å². The number of para-hydroxylation sites is 1. The standard InChI is InChI=1S/C26H23ClN4O3S3/c1-16-7-8-17(27)11-21(16)30-25(34)15-36-26-31-20-10-9-19(12-22(20)37-26)29-24(33)14-35-13-23(32)28-18-5-3-2-4-6-18/h2-12H,13-15H2,1H3,(H,28,32)(H,29,33)(H,30,34). The number of amides is 3. The molecule has 3 N–H and O–H groups in total. The molecule has 0 atom stereocenters.